The minimum atomic E-state index is -3.36. The number of carbonyl (C=O) groups excluding carboxylic acids is 1. The first-order valence-electron chi connectivity index (χ1n) is 11.8. The fourth-order valence-electron chi connectivity index (χ4n) is 3.91. The van der Waals surface area contributed by atoms with Crippen LogP contribution in [0.15, 0.2) is 42.9 Å². The van der Waals surface area contributed by atoms with E-state index in [0.29, 0.717) is 16.8 Å². The van der Waals surface area contributed by atoms with Crippen molar-refractivity contribution in [3.05, 3.63) is 54.0 Å². The number of amides is 1. The van der Waals surface area contributed by atoms with E-state index in [4.69, 9.17) is 13.7 Å². The number of nitrogens with zero attached hydrogens (tertiary/aromatic N) is 4. The third-order valence-corrected chi connectivity index (χ3v) is 11.8. The first kappa shape index (κ1) is 27.5. The molecular formula is C23H32N5O7PSi. The number of carbonyl (C=O) groups is 1. The van der Waals surface area contributed by atoms with Gasteiger partial charge in [-0.2, -0.15) is 9.61 Å². The van der Waals surface area contributed by atoms with E-state index in [2.05, 4.69) is 41.2 Å². The molecule has 1 aliphatic heterocycles. The van der Waals surface area contributed by atoms with Crippen LogP contribution in [0.2, 0.25) is 18.1 Å². The van der Waals surface area contributed by atoms with Gasteiger partial charge in [0.25, 0.3) is 5.91 Å². The number of hydrogen-bond donors (Lipinski definition) is 3. The van der Waals surface area contributed by atoms with E-state index in [1.54, 1.807) is 24.3 Å². The van der Waals surface area contributed by atoms with Gasteiger partial charge in [-0.05, 0) is 30.3 Å². The molecule has 2 unspecified atom stereocenters. The first-order chi connectivity index (χ1) is 17.4. The number of aliphatic hydroxyl groups excluding tert-OH is 1. The van der Waals surface area contributed by atoms with Gasteiger partial charge in [0.05, 0.1) is 12.8 Å². The summed E-state index contributed by atoms with van der Waals surface area (Å²) in [4.78, 5) is 30.8. The fraction of sp³-hybridized carbons (Fsp3) is 0.478. The standard InChI is InChI=1S/C23H32N5O7PSi/c1-23(2,3)37(4,5)35-19-17(33-16(12-29)18(19)34-36(31)32)15-11-26-28-20(15)24-13-25-22(28)27-21(30)14-9-7-6-8-10-14/h6-11,13,16-19,29,36H,12H2,1-5H3,(H,31,32)(H,24,25,27,30)/t16-,17+,18?,19-/m1/s1. The molecule has 12 nitrogen and oxygen atoms in total. The largest absolute Gasteiger partial charge is 0.408 e. The molecule has 1 fully saturated rings. The van der Waals surface area contributed by atoms with Crippen LogP contribution in [0.4, 0.5) is 5.95 Å². The second kappa shape index (κ2) is 10.7. The van der Waals surface area contributed by atoms with Gasteiger partial charge >= 0.3 is 8.25 Å². The van der Waals surface area contributed by atoms with Crippen molar-refractivity contribution < 1.29 is 33.0 Å². The molecule has 37 heavy (non-hydrogen) atoms. The predicted molar refractivity (Wildman–Crippen MR) is 138 cm³/mol. The van der Waals surface area contributed by atoms with Crippen LogP contribution in [-0.2, 0) is 18.3 Å². The molecule has 14 heteroatoms. The number of nitrogens with one attached hydrogen (secondary N) is 1. The van der Waals surface area contributed by atoms with E-state index in [1.807, 2.05) is 19.2 Å². The van der Waals surface area contributed by atoms with Crippen LogP contribution in [0.1, 0.15) is 42.8 Å². The van der Waals surface area contributed by atoms with Gasteiger partial charge in [0.1, 0.15) is 30.7 Å². The molecule has 1 aliphatic rings. The lowest BCUT2D eigenvalue weighted by Gasteiger charge is -2.40. The highest BCUT2D eigenvalue weighted by atomic mass is 31.1. The highest BCUT2D eigenvalue weighted by molar-refractivity contribution is 7.32. The monoisotopic (exact) mass is 549 g/mol. The fourth-order valence-corrected chi connectivity index (χ4v) is 5.72. The summed E-state index contributed by atoms with van der Waals surface area (Å²) in [6.07, 6.45) is -0.714. The highest BCUT2D eigenvalue weighted by Gasteiger charge is 2.52. The van der Waals surface area contributed by atoms with E-state index < -0.39 is 47.6 Å². The third-order valence-electron chi connectivity index (χ3n) is 6.86. The molecule has 3 N–H and O–H groups in total. The smallest absolute Gasteiger partial charge is 0.317 e. The number of hydrogen-bond acceptors (Lipinski definition) is 9. The number of benzene rings is 1. The zero-order valence-electron chi connectivity index (χ0n) is 21.3. The van der Waals surface area contributed by atoms with Crippen molar-refractivity contribution >= 4 is 34.1 Å². The number of ether oxygens (including phenoxy) is 1. The van der Waals surface area contributed by atoms with Gasteiger partial charge < -0.3 is 23.7 Å². The number of aromatic nitrogens is 4. The Hall–Kier alpha value is -2.51. The summed E-state index contributed by atoms with van der Waals surface area (Å²) in [7, 11) is -5.79. The van der Waals surface area contributed by atoms with E-state index in [0.717, 1.165) is 0 Å². The normalized spacial score (nSPS) is 23.3. The van der Waals surface area contributed by atoms with Crippen LogP contribution in [0, 0.1) is 0 Å². The molecule has 1 saturated heterocycles. The Labute approximate surface area is 216 Å². The molecular weight excluding hydrogens is 517 g/mol. The third kappa shape index (κ3) is 5.67. The Balaban J connectivity index is 1.72. The van der Waals surface area contributed by atoms with Crippen molar-refractivity contribution in [2.24, 2.45) is 0 Å². The van der Waals surface area contributed by atoms with Gasteiger partial charge in [-0.1, -0.05) is 39.0 Å². The minimum Gasteiger partial charge on any atom is -0.408 e. The van der Waals surface area contributed by atoms with Crippen molar-refractivity contribution in [2.75, 3.05) is 11.9 Å². The van der Waals surface area contributed by atoms with Crippen molar-refractivity contribution in [3.8, 4) is 0 Å². The summed E-state index contributed by atoms with van der Waals surface area (Å²) in [5, 5.41) is 16.9. The average Bonchev–Trinajstić information content (AvgIpc) is 3.40. The Morgan fingerprint density at radius 3 is 2.54 bits per heavy atom. The average molecular weight is 550 g/mol. The van der Waals surface area contributed by atoms with Crippen LogP contribution < -0.4 is 5.32 Å². The molecule has 1 aromatic carbocycles. The second-order valence-corrected chi connectivity index (χ2v) is 15.8. The Bertz CT molecular complexity index is 1280. The zero-order chi connectivity index (χ0) is 27.0. The van der Waals surface area contributed by atoms with Crippen molar-refractivity contribution in [1.29, 1.82) is 0 Å². The van der Waals surface area contributed by atoms with Gasteiger partial charge in [0.2, 0.25) is 5.95 Å². The summed E-state index contributed by atoms with van der Waals surface area (Å²) in [6.45, 7) is 9.86. The molecule has 1 amide bonds. The van der Waals surface area contributed by atoms with Crippen molar-refractivity contribution in [1.82, 2.24) is 19.6 Å². The first-order valence-corrected chi connectivity index (χ1v) is 16.0. The molecule has 0 bridgehead atoms. The summed E-state index contributed by atoms with van der Waals surface area (Å²) < 4.78 is 31.2. The summed E-state index contributed by atoms with van der Waals surface area (Å²) in [5.41, 5.74) is 1.30. The Kier molecular flexibility index (Phi) is 7.95. The molecule has 3 aromatic rings. The number of anilines is 1. The molecule has 0 saturated carbocycles. The lowest BCUT2D eigenvalue weighted by Crippen LogP contribution is -2.48. The molecule has 0 spiro atoms. The van der Waals surface area contributed by atoms with Gasteiger partial charge in [-0.3, -0.25) is 14.7 Å². The Morgan fingerprint density at radius 1 is 1.22 bits per heavy atom. The van der Waals surface area contributed by atoms with Crippen LogP contribution in [0.5, 0.6) is 0 Å². The zero-order valence-corrected chi connectivity index (χ0v) is 23.3. The summed E-state index contributed by atoms with van der Waals surface area (Å²) in [5.74, 6) is -0.215. The van der Waals surface area contributed by atoms with Crippen LogP contribution in [0.25, 0.3) is 5.65 Å². The maximum absolute atomic E-state index is 12.7. The van der Waals surface area contributed by atoms with Gasteiger partial charge in [0, 0.05) is 11.1 Å². The van der Waals surface area contributed by atoms with Gasteiger partial charge in [-0.25, -0.2) is 9.97 Å². The molecule has 0 aliphatic carbocycles. The summed E-state index contributed by atoms with van der Waals surface area (Å²) >= 11 is 0. The van der Waals surface area contributed by atoms with Crippen molar-refractivity contribution in [2.45, 2.75) is 63.3 Å². The maximum Gasteiger partial charge on any atom is 0.317 e. The van der Waals surface area contributed by atoms with E-state index in [-0.39, 0.29) is 16.9 Å². The lowest BCUT2D eigenvalue weighted by molar-refractivity contribution is -0.0181. The van der Waals surface area contributed by atoms with Gasteiger partial charge in [-0.15, -0.1) is 0 Å². The minimum absolute atomic E-state index is 0.150. The van der Waals surface area contributed by atoms with Crippen LogP contribution in [-0.4, -0.2) is 68.7 Å². The summed E-state index contributed by atoms with van der Waals surface area (Å²) in [6, 6.07) is 8.69. The molecule has 2 aromatic heterocycles. The van der Waals surface area contributed by atoms with Crippen LogP contribution >= 0.6 is 8.25 Å². The number of rotatable bonds is 8. The molecule has 200 valence electrons. The molecule has 5 atom stereocenters. The predicted octanol–water partition coefficient (Wildman–Crippen LogP) is 2.97. The quantitative estimate of drug-likeness (QED) is 0.282. The highest BCUT2D eigenvalue weighted by Crippen LogP contribution is 2.46. The molecule has 0 radical (unpaired) electrons. The van der Waals surface area contributed by atoms with E-state index >= 15 is 0 Å². The van der Waals surface area contributed by atoms with Crippen molar-refractivity contribution in [3.63, 3.8) is 0 Å². The maximum atomic E-state index is 12.7. The van der Waals surface area contributed by atoms with Gasteiger partial charge in [0.15, 0.2) is 14.0 Å². The SMILES string of the molecule is CC(C)(C)[Si](C)(C)O[C@H]1C(O[PH](=O)O)[C@@H](CO)O[C@H]1c1cnn2c(NC(=O)c3ccccc3)ncnc12. The molecule has 3 heterocycles. The van der Waals surface area contributed by atoms with E-state index in [9.17, 15) is 19.4 Å². The number of aliphatic hydroxyl groups is 1. The lowest BCUT2D eigenvalue weighted by atomic mass is 10.0. The van der Waals surface area contributed by atoms with E-state index in [1.165, 1.54) is 17.0 Å². The molecule has 4 rings (SSSR count). The number of fused-ring (bicyclic) bond motifs is 1. The topological polar surface area (TPSA) is 157 Å². The Morgan fingerprint density at radius 2 is 1.92 bits per heavy atom. The van der Waals surface area contributed by atoms with Crippen LogP contribution in [0.3, 0.4) is 0 Å². The second-order valence-electron chi connectivity index (χ2n) is 10.3.